The van der Waals surface area contributed by atoms with Crippen LogP contribution in [0, 0.1) is 0 Å². The predicted octanol–water partition coefficient (Wildman–Crippen LogP) is -3.18. The molecular weight excluding hydrogens is 201 g/mol. The van der Waals surface area contributed by atoms with Gasteiger partial charge in [0.05, 0.1) is 0 Å². The van der Waals surface area contributed by atoms with Gasteiger partial charge in [0.25, 0.3) is 0 Å². The van der Waals surface area contributed by atoms with Crippen LogP contribution < -0.4 is 26.5 Å². The van der Waals surface area contributed by atoms with Crippen LogP contribution in [0.2, 0.25) is 0 Å². The van der Waals surface area contributed by atoms with Crippen LogP contribution in [0.1, 0.15) is 6.42 Å². The van der Waals surface area contributed by atoms with Crippen LogP contribution in [0.4, 0.5) is 0 Å². The van der Waals surface area contributed by atoms with Gasteiger partial charge in [0.15, 0.2) is 0 Å². The molecule has 7 heavy (non-hydrogen) atoms. The minimum atomic E-state index is 0.685. The molecule has 0 aromatic carbocycles. The molecule has 1 nitrogen and oxygen atoms in total. The monoisotopic (exact) mass is 210 g/mol. The molecule has 2 heteroatoms. The van der Waals surface area contributed by atoms with Gasteiger partial charge in [-0.1, -0.05) is 0 Å². The van der Waals surface area contributed by atoms with Crippen LogP contribution in [-0.4, -0.2) is 20.9 Å². The Kier molecular flexibility index (Phi) is 1.03. The van der Waals surface area contributed by atoms with Crippen molar-refractivity contribution in [3.63, 3.8) is 0 Å². The van der Waals surface area contributed by atoms with Gasteiger partial charge in [-0.05, 0) is 0 Å². The molecule has 0 aromatic rings. The Morgan fingerprint density at radius 3 is 2.43 bits per heavy atom. The summed E-state index contributed by atoms with van der Waals surface area (Å²) >= 11 is 0.685. The standard InChI is InChI=1S/C5H9IN/c1-2-6-4(1)5-3-7-5/h4-5,7H,1-3H2/q-1. The van der Waals surface area contributed by atoms with Crippen molar-refractivity contribution in [2.24, 2.45) is 0 Å². The van der Waals surface area contributed by atoms with E-state index in [0.717, 1.165) is 6.04 Å². The second-order valence-electron chi connectivity index (χ2n) is 2.16. The molecule has 1 N–H and O–H groups in total. The molecule has 2 aliphatic rings. The average Bonchev–Trinajstić information content (AvgIpc) is 2.10. The molecule has 0 spiro atoms. The SMILES string of the molecule is C1CC(C2CN2)[I-]1. The van der Waals surface area contributed by atoms with Crippen molar-refractivity contribution in [3.8, 4) is 0 Å². The number of halogens is 1. The van der Waals surface area contributed by atoms with Gasteiger partial charge in [0.1, 0.15) is 0 Å². The molecule has 2 heterocycles. The van der Waals surface area contributed by atoms with Crippen molar-refractivity contribution < 1.29 is 21.2 Å². The zero-order valence-corrected chi connectivity index (χ0v) is 6.31. The van der Waals surface area contributed by atoms with Gasteiger partial charge in [-0.3, -0.25) is 0 Å². The molecule has 42 valence electrons. The Morgan fingerprint density at radius 2 is 2.29 bits per heavy atom. The van der Waals surface area contributed by atoms with E-state index in [1.165, 1.54) is 10.5 Å². The van der Waals surface area contributed by atoms with Gasteiger partial charge < -0.3 is 0 Å². The topological polar surface area (TPSA) is 21.9 Å². The average molecular weight is 210 g/mol. The normalized spacial score (nSPS) is 49.1. The van der Waals surface area contributed by atoms with Gasteiger partial charge in [0, 0.05) is 0 Å². The maximum absolute atomic E-state index is 3.36. The summed E-state index contributed by atoms with van der Waals surface area (Å²) in [5.74, 6) is 0. The number of alkyl halides is 2. The van der Waals surface area contributed by atoms with Crippen LogP contribution in [0.15, 0.2) is 0 Å². The van der Waals surface area contributed by atoms with E-state index >= 15 is 0 Å². The van der Waals surface area contributed by atoms with Crippen LogP contribution in [-0.2, 0) is 0 Å². The summed E-state index contributed by atoms with van der Waals surface area (Å²) in [5, 5.41) is 3.36. The van der Waals surface area contributed by atoms with Crippen LogP contribution in [0.25, 0.3) is 0 Å². The molecule has 2 rings (SSSR count). The van der Waals surface area contributed by atoms with E-state index < -0.39 is 0 Å². The van der Waals surface area contributed by atoms with Crippen molar-refractivity contribution in [1.82, 2.24) is 5.32 Å². The van der Waals surface area contributed by atoms with Crippen molar-refractivity contribution in [2.45, 2.75) is 16.4 Å². The van der Waals surface area contributed by atoms with Gasteiger partial charge in [-0.2, -0.15) is 0 Å². The Hall–Kier alpha value is 0.690. The van der Waals surface area contributed by atoms with Crippen LogP contribution in [0.5, 0.6) is 0 Å². The second kappa shape index (κ2) is 1.58. The predicted molar refractivity (Wildman–Crippen MR) is 25.1 cm³/mol. The van der Waals surface area contributed by atoms with Crippen molar-refractivity contribution in [1.29, 1.82) is 0 Å². The third-order valence-corrected chi connectivity index (χ3v) is 5.44. The number of hydrogen-bond acceptors (Lipinski definition) is 1. The first kappa shape index (κ1) is 4.56. The number of rotatable bonds is 1. The Bertz CT molecular complexity index is 76.1. The van der Waals surface area contributed by atoms with E-state index in [0.29, 0.717) is 21.2 Å². The molecule has 0 aliphatic carbocycles. The Morgan fingerprint density at radius 1 is 1.57 bits per heavy atom. The quantitative estimate of drug-likeness (QED) is 0.275. The molecule has 2 saturated heterocycles. The van der Waals surface area contributed by atoms with E-state index in [1.807, 2.05) is 0 Å². The van der Waals surface area contributed by atoms with Crippen molar-refractivity contribution in [3.05, 3.63) is 0 Å². The molecule has 0 radical (unpaired) electrons. The minimum absolute atomic E-state index is 0.685. The molecular formula is C5H9IN-. The first-order valence-corrected chi connectivity index (χ1v) is 5.55. The summed E-state index contributed by atoms with van der Waals surface area (Å²) in [6.07, 6.45) is 1.55. The molecule has 2 atom stereocenters. The number of nitrogens with one attached hydrogen (secondary N) is 1. The fourth-order valence-corrected chi connectivity index (χ4v) is 3.33. The van der Waals surface area contributed by atoms with E-state index in [1.54, 1.807) is 10.8 Å². The summed E-state index contributed by atoms with van der Waals surface area (Å²) in [6.45, 7) is 1.34. The molecule has 0 aromatic heterocycles. The third-order valence-electron chi connectivity index (χ3n) is 1.57. The molecule has 0 saturated carbocycles. The van der Waals surface area contributed by atoms with Crippen LogP contribution in [0.3, 0.4) is 0 Å². The summed E-state index contributed by atoms with van der Waals surface area (Å²) in [7, 11) is 0. The van der Waals surface area contributed by atoms with Gasteiger partial charge in [-0.25, -0.2) is 0 Å². The zero-order valence-electron chi connectivity index (χ0n) is 4.15. The number of hydrogen-bond donors (Lipinski definition) is 1. The van der Waals surface area contributed by atoms with E-state index in [-0.39, 0.29) is 0 Å². The van der Waals surface area contributed by atoms with Crippen molar-refractivity contribution in [2.75, 3.05) is 11.0 Å². The third kappa shape index (κ3) is 0.785. The van der Waals surface area contributed by atoms with Gasteiger partial charge >= 0.3 is 53.9 Å². The van der Waals surface area contributed by atoms with E-state index in [4.69, 9.17) is 0 Å². The molecule has 0 amide bonds. The van der Waals surface area contributed by atoms with Gasteiger partial charge in [0.2, 0.25) is 0 Å². The molecule has 2 aliphatic heterocycles. The van der Waals surface area contributed by atoms with Crippen LogP contribution >= 0.6 is 0 Å². The molecule has 0 bridgehead atoms. The Balaban J connectivity index is 1.83. The zero-order chi connectivity index (χ0) is 4.69. The molecule has 2 unspecified atom stereocenters. The van der Waals surface area contributed by atoms with E-state index in [2.05, 4.69) is 5.32 Å². The fourth-order valence-electron chi connectivity index (χ4n) is 0.868. The fraction of sp³-hybridized carbons (Fsp3) is 1.00. The van der Waals surface area contributed by atoms with E-state index in [9.17, 15) is 0 Å². The first-order valence-electron chi connectivity index (χ1n) is 2.78. The first-order chi connectivity index (χ1) is 3.47. The second-order valence-corrected chi connectivity index (χ2v) is 5.72. The summed E-state index contributed by atoms with van der Waals surface area (Å²) in [4.78, 5) is 0. The summed E-state index contributed by atoms with van der Waals surface area (Å²) < 4.78 is 2.79. The summed E-state index contributed by atoms with van der Waals surface area (Å²) in [5.41, 5.74) is 0. The molecule has 2 fully saturated rings. The maximum atomic E-state index is 3.36. The summed E-state index contributed by atoms with van der Waals surface area (Å²) in [6, 6.07) is 1.00. The van der Waals surface area contributed by atoms with Gasteiger partial charge in [-0.15, -0.1) is 0 Å². The Labute approximate surface area is 54.1 Å². The van der Waals surface area contributed by atoms with Crippen molar-refractivity contribution >= 4 is 0 Å².